The maximum atomic E-state index is 9.12. The van der Waals surface area contributed by atoms with E-state index in [-0.39, 0.29) is 17.4 Å². The Balaban J connectivity index is 0. The summed E-state index contributed by atoms with van der Waals surface area (Å²) in [5.74, 6) is 0. The van der Waals surface area contributed by atoms with Crippen molar-refractivity contribution in [2.45, 2.75) is 0 Å². The smallest absolute Gasteiger partial charge is 0.0104 e. The van der Waals surface area contributed by atoms with Crippen LogP contribution in [0.2, 0.25) is 0 Å². The predicted octanol–water partition coefficient (Wildman–Crippen LogP) is 0.391. The van der Waals surface area contributed by atoms with E-state index in [0.717, 1.165) is 0 Å². The molecule has 0 aliphatic heterocycles. The summed E-state index contributed by atoms with van der Waals surface area (Å²) in [6.07, 6.45) is 0. The van der Waals surface area contributed by atoms with E-state index in [1.54, 1.807) is 0 Å². The summed E-state index contributed by atoms with van der Waals surface area (Å²) in [4.78, 5) is 0. The fraction of sp³-hybridized carbons (Fsp3) is 0. The van der Waals surface area contributed by atoms with Crippen molar-refractivity contribution < 1.29 is 14.2 Å². The second-order valence-corrected chi connectivity index (χ2v) is 0.0583. The summed E-state index contributed by atoms with van der Waals surface area (Å²) in [6.45, 7) is 0. The van der Waals surface area contributed by atoms with Gasteiger partial charge in [-0.2, -0.15) is 0 Å². The van der Waals surface area contributed by atoms with Gasteiger partial charge in [0.25, 0.3) is 0 Å². The standard InChI is InChI=1S/Al.F2O/c;1-3-2/q+3;. The molecule has 20 valence electrons. The Bertz CT molecular complexity index is 6.00. The van der Waals surface area contributed by atoms with Crippen LogP contribution in [-0.2, 0) is 5.15 Å². The molecule has 0 N–H and O–H groups in total. The Morgan fingerprint density at radius 2 is 1.25 bits per heavy atom. The molecule has 0 aliphatic rings. The van der Waals surface area contributed by atoms with Crippen LogP contribution in [0.5, 0.6) is 0 Å². The van der Waals surface area contributed by atoms with Crippen molar-refractivity contribution in [3.63, 3.8) is 0 Å². The third kappa shape index (κ3) is 34.6. The molecule has 1 nitrogen and oxygen atoms in total. The molecule has 0 atom stereocenters. The maximum absolute atomic E-state index is 9.12. The first-order valence-corrected chi connectivity index (χ1v) is 0.309. The van der Waals surface area contributed by atoms with Crippen molar-refractivity contribution in [2.24, 2.45) is 0 Å². The largest absolute Gasteiger partial charge is 3.00 e. The van der Waals surface area contributed by atoms with Crippen molar-refractivity contribution in [3.8, 4) is 0 Å². The summed E-state index contributed by atoms with van der Waals surface area (Å²) in [6, 6.07) is 0. The molecule has 0 aliphatic carbocycles. The van der Waals surface area contributed by atoms with Crippen LogP contribution in [0.3, 0.4) is 0 Å². The van der Waals surface area contributed by atoms with Crippen LogP contribution in [0.15, 0.2) is 0 Å². The van der Waals surface area contributed by atoms with Gasteiger partial charge >= 0.3 is 17.4 Å². The Labute approximate surface area is 32.5 Å². The molecule has 0 saturated carbocycles. The van der Waals surface area contributed by atoms with Crippen LogP contribution < -0.4 is 0 Å². The zero-order valence-corrected chi connectivity index (χ0v) is 2.90. The molecule has 0 amide bonds. The third-order valence-electron chi connectivity index (χ3n) is 0. The Morgan fingerprint density at radius 3 is 1.25 bits per heavy atom. The summed E-state index contributed by atoms with van der Waals surface area (Å²) in [7, 11) is 0. The van der Waals surface area contributed by atoms with E-state index in [1.165, 1.54) is 5.15 Å². The molecule has 0 fully saturated rings. The molecule has 0 aromatic carbocycles. The average molecular weight is 81.0 g/mol. The molecule has 0 spiro atoms. The van der Waals surface area contributed by atoms with E-state index >= 15 is 0 Å². The second-order valence-electron chi connectivity index (χ2n) is 0.0583. The molecular weight excluding hydrogens is 81.0 g/mol. The third-order valence-corrected chi connectivity index (χ3v) is 0. The van der Waals surface area contributed by atoms with Gasteiger partial charge in [0.1, 0.15) is 0 Å². The normalized spacial score (nSPS) is 4.50. The van der Waals surface area contributed by atoms with E-state index in [1.807, 2.05) is 0 Å². The molecule has 0 heterocycles. The summed E-state index contributed by atoms with van der Waals surface area (Å²) in [5.41, 5.74) is 0. The minimum atomic E-state index is 0. The summed E-state index contributed by atoms with van der Waals surface area (Å²) < 4.78 is 18.2. The van der Waals surface area contributed by atoms with Gasteiger partial charge in [-0.3, -0.25) is 0 Å². The molecule has 4 heavy (non-hydrogen) atoms. The number of rotatable bonds is 0. The average Bonchev–Trinajstić information content (AvgIpc) is 0.918. The quantitative estimate of drug-likeness (QED) is 0.383. The van der Waals surface area contributed by atoms with E-state index in [4.69, 9.17) is 9.05 Å². The first-order valence-electron chi connectivity index (χ1n) is 0.309. The molecule has 0 unspecified atom stereocenters. The van der Waals surface area contributed by atoms with Crippen LogP contribution in [0, 0.1) is 0 Å². The van der Waals surface area contributed by atoms with Crippen LogP contribution in [0.25, 0.3) is 0 Å². The summed E-state index contributed by atoms with van der Waals surface area (Å²) in [5, 5.41) is 1.25. The molecular formula is AlF2O+3. The van der Waals surface area contributed by atoms with Crippen LogP contribution >= 0.6 is 0 Å². The molecule has 0 saturated heterocycles. The summed E-state index contributed by atoms with van der Waals surface area (Å²) >= 11 is 0. The SMILES string of the molecule is FOF.[Al+3]. The second kappa shape index (κ2) is 10.1. The van der Waals surface area contributed by atoms with Crippen molar-refractivity contribution in [1.29, 1.82) is 0 Å². The Kier molecular flexibility index (Phi) is 22.4. The molecule has 0 bridgehead atoms. The van der Waals surface area contributed by atoms with Gasteiger partial charge in [-0.1, -0.05) is 0 Å². The topological polar surface area (TPSA) is 9.23 Å². The van der Waals surface area contributed by atoms with Gasteiger partial charge in [-0.15, -0.1) is 0 Å². The Hall–Kier alpha value is 0.352. The fourth-order valence-corrected chi connectivity index (χ4v) is 0. The van der Waals surface area contributed by atoms with Gasteiger partial charge < -0.3 is 0 Å². The van der Waals surface area contributed by atoms with E-state index in [2.05, 4.69) is 0 Å². The van der Waals surface area contributed by atoms with Crippen LogP contribution in [0.1, 0.15) is 0 Å². The number of hydrogen-bond donors (Lipinski definition) is 0. The van der Waals surface area contributed by atoms with Crippen LogP contribution in [0.4, 0.5) is 9.05 Å². The molecule has 0 aromatic heterocycles. The predicted molar refractivity (Wildman–Crippen MR) is 9.05 cm³/mol. The number of hydrogen-bond acceptors (Lipinski definition) is 1. The zero-order valence-electron chi connectivity index (χ0n) is 1.74. The Morgan fingerprint density at radius 1 is 1.25 bits per heavy atom. The minimum Gasteiger partial charge on any atom is -0.0104 e. The maximum Gasteiger partial charge on any atom is 3.00 e. The molecule has 4 heteroatoms. The monoisotopic (exact) mass is 81.0 g/mol. The van der Waals surface area contributed by atoms with E-state index in [0.29, 0.717) is 0 Å². The zero-order chi connectivity index (χ0) is 2.71. The number of halogens is 2. The van der Waals surface area contributed by atoms with Gasteiger partial charge in [0.2, 0.25) is 0 Å². The minimum absolute atomic E-state index is 0. The first-order chi connectivity index (χ1) is 1.41. The van der Waals surface area contributed by atoms with Gasteiger partial charge in [-0.25, -0.2) is 0 Å². The van der Waals surface area contributed by atoms with Crippen molar-refractivity contribution in [1.82, 2.24) is 0 Å². The molecule has 0 rings (SSSR count). The van der Waals surface area contributed by atoms with E-state index < -0.39 is 0 Å². The molecule has 0 radical (unpaired) electrons. The van der Waals surface area contributed by atoms with Crippen LogP contribution in [-0.4, -0.2) is 17.4 Å². The van der Waals surface area contributed by atoms with Crippen molar-refractivity contribution >= 4 is 17.4 Å². The van der Waals surface area contributed by atoms with E-state index in [9.17, 15) is 0 Å². The van der Waals surface area contributed by atoms with Gasteiger partial charge in [0, 0.05) is 5.15 Å². The van der Waals surface area contributed by atoms with Gasteiger partial charge in [0.15, 0.2) is 0 Å². The first kappa shape index (κ1) is 8.84. The van der Waals surface area contributed by atoms with Gasteiger partial charge in [0.05, 0.1) is 0 Å². The fourth-order valence-electron chi connectivity index (χ4n) is 0. The molecule has 0 aromatic rings. The van der Waals surface area contributed by atoms with Crippen molar-refractivity contribution in [3.05, 3.63) is 0 Å². The van der Waals surface area contributed by atoms with Gasteiger partial charge in [-0.05, 0) is 9.05 Å². The van der Waals surface area contributed by atoms with Crippen molar-refractivity contribution in [2.75, 3.05) is 0 Å².